The number of hydrogen-bond acceptors (Lipinski definition) is 3. The first-order chi connectivity index (χ1) is 11.6. The molecule has 3 heteroatoms. The van der Waals surface area contributed by atoms with E-state index in [0.29, 0.717) is 11.5 Å². The fourth-order valence-electron chi connectivity index (χ4n) is 2.60. The first-order valence-corrected chi connectivity index (χ1v) is 7.97. The van der Waals surface area contributed by atoms with Crippen molar-refractivity contribution in [2.24, 2.45) is 0 Å². The van der Waals surface area contributed by atoms with Crippen molar-refractivity contribution in [3.63, 3.8) is 0 Å². The van der Waals surface area contributed by atoms with Gasteiger partial charge in [0, 0.05) is 11.1 Å². The number of carbonyl (C=O) groups excluding carboxylic acids is 1. The lowest BCUT2D eigenvalue weighted by molar-refractivity contribution is 0.0601. The quantitative estimate of drug-likeness (QED) is 0.594. The average molecular weight is 320 g/mol. The van der Waals surface area contributed by atoms with Crippen molar-refractivity contribution in [3.05, 3.63) is 71.8 Å². The van der Waals surface area contributed by atoms with Crippen LogP contribution in [0, 0.1) is 0 Å². The SMILES string of the molecule is COC(=O)c1cccc(-c2ccc(-c3ccc(C(C)C)cc3)o2)c1. The Balaban J connectivity index is 1.89. The molecule has 24 heavy (non-hydrogen) atoms. The smallest absolute Gasteiger partial charge is 0.337 e. The molecule has 0 aliphatic heterocycles. The first-order valence-electron chi connectivity index (χ1n) is 7.97. The third-order valence-corrected chi connectivity index (χ3v) is 4.04. The van der Waals surface area contributed by atoms with Gasteiger partial charge in [-0.25, -0.2) is 4.79 Å². The van der Waals surface area contributed by atoms with Crippen molar-refractivity contribution in [2.75, 3.05) is 7.11 Å². The van der Waals surface area contributed by atoms with Crippen LogP contribution in [0.15, 0.2) is 65.1 Å². The van der Waals surface area contributed by atoms with Gasteiger partial charge in [0.1, 0.15) is 11.5 Å². The molecule has 0 spiro atoms. The molecule has 122 valence electrons. The summed E-state index contributed by atoms with van der Waals surface area (Å²) in [5, 5.41) is 0. The van der Waals surface area contributed by atoms with Crippen LogP contribution in [-0.2, 0) is 4.74 Å². The van der Waals surface area contributed by atoms with Crippen molar-refractivity contribution < 1.29 is 13.9 Å². The van der Waals surface area contributed by atoms with Gasteiger partial charge in [0.2, 0.25) is 0 Å². The topological polar surface area (TPSA) is 39.4 Å². The Bertz CT molecular complexity index is 842. The molecule has 3 rings (SSSR count). The normalized spacial score (nSPS) is 10.8. The molecule has 1 aromatic heterocycles. The summed E-state index contributed by atoms with van der Waals surface area (Å²) in [6.45, 7) is 4.35. The highest BCUT2D eigenvalue weighted by Gasteiger charge is 2.11. The van der Waals surface area contributed by atoms with Crippen LogP contribution in [0.1, 0.15) is 35.7 Å². The average Bonchev–Trinajstić information content (AvgIpc) is 3.11. The van der Waals surface area contributed by atoms with E-state index in [4.69, 9.17) is 9.15 Å². The third-order valence-electron chi connectivity index (χ3n) is 4.04. The summed E-state index contributed by atoms with van der Waals surface area (Å²) in [6.07, 6.45) is 0. The third kappa shape index (κ3) is 3.25. The second-order valence-electron chi connectivity index (χ2n) is 6.01. The predicted molar refractivity (Wildman–Crippen MR) is 95.0 cm³/mol. The van der Waals surface area contributed by atoms with Crippen molar-refractivity contribution in [3.8, 4) is 22.6 Å². The number of esters is 1. The van der Waals surface area contributed by atoms with Gasteiger partial charge in [-0.05, 0) is 35.7 Å². The lowest BCUT2D eigenvalue weighted by Gasteiger charge is -2.05. The predicted octanol–water partition coefficient (Wildman–Crippen LogP) is 5.52. The van der Waals surface area contributed by atoms with Crippen molar-refractivity contribution in [1.29, 1.82) is 0 Å². The highest BCUT2D eigenvalue weighted by Crippen LogP contribution is 2.30. The second kappa shape index (κ2) is 6.75. The summed E-state index contributed by atoms with van der Waals surface area (Å²) in [5.74, 6) is 1.69. The van der Waals surface area contributed by atoms with E-state index in [9.17, 15) is 4.79 Å². The highest BCUT2D eigenvalue weighted by molar-refractivity contribution is 5.90. The van der Waals surface area contributed by atoms with Gasteiger partial charge >= 0.3 is 5.97 Å². The van der Waals surface area contributed by atoms with Gasteiger partial charge < -0.3 is 9.15 Å². The standard InChI is InChI=1S/C21H20O3/c1-14(2)15-7-9-16(10-8-15)19-11-12-20(24-19)17-5-4-6-18(13-17)21(22)23-3/h4-14H,1-3H3. The van der Waals surface area contributed by atoms with Gasteiger partial charge in [0.05, 0.1) is 12.7 Å². The van der Waals surface area contributed by atoms with Crippen molar-refractivity contribution in [1.82, 2.24) is 0 Å². The molecule has 0 radical (unpaired) electrons. The zero-order valence-electron chi connectivity index (χ0n) is 14.1. The van der Waals surface area contributed by atoms with E-state index in [0.717, 1.165) is 22.6 Å². The molecule has 0 saturated carbocycles. The lowest BCUT2D eigenvalue weighted by Crippen LogP contribution is -2.00. The van der Waals surface area contributed by atoms with Crippen LogP contribution >= 0.6 is 0 Å². The summed E-state index contributed by atoms with van der Waals surface area (Å²) in [6, 6.07) is 19.5. The molecule has 0 N–H and O–H groups in total. The molecule has 3 aromatic rings. The van der Waals surface area contributed by atoms with Crippen LogP contribution in [0.5, 0.6) is 0 Å². The van der Waals surface area contributed by atoms with Crippen LogP contribution in [0.25, 0.3) is 22.6 Å². The van der Waals surface area contributed by atoms with Crippen molar-refractivity contribution in [2.45, 2.75) is 19.8 Å². The van der Waals surface area contributed by atoms with Crippen LogP contribution in [0.2, 0.25) is 0 Å². The maximum Gasteiger partial charge on any atom is 0.337 e. The maximum absolute atomic E-state index is 11.7. The highest BCUT2D eigenvalue weighted by atomic mass is 16.5. The number of rotatable bonds is 4. The van der Waals surface area contributed by atoms with E-state index >= 15 is 0 Å². The van der Waals surface area contributed by atoms with E-state index < -0.39 is 0 Å². The molecule has 0 aliphatic carbocycles. The van der Waals surface area contributed by atoms with E-state index in [-0.39, 0.29) is 5.97 Å². The van der Waals surface area contributed by atoms with Gasteiger partial charge in [-0.3, -0.25) is 0 Å². The number of hydrogen-bond donors (Lipinski definition) is 0. The molecule has 0 unspecified atom stereocenters. The molecule has 3 nitrogen and oxygen atoms in total. The molecule has 0 fully saturated rings. The van der Waals surface area contributed by atoms with Crippen LogP contribution in [-0.4, -0.2) is 13.1 Å². The van der Waals surface area contributed by atoms with Gasteiger partial charge in [0.25, 0.3) is 0 Å². The van der Waals surface area contributed by atoms with E-state index in [2.05, 4.69) is 38.1 Å². The second-order valence-corrected chi connectivity index (χ2v) is 6.01. The first kappa shape index (κ1) is 16.1. The molecule has 0 saturated heterocycles. The molecule has 1 heterocycles. The summed E-state index contributed by atoms with van der Waals surface area (Å²) < 4.78 is 10.7. The van der Waals surface area contributed by atoms with Crippen LogP contribution in [0.3, 0.4) is 0 Å². The zero-order valence-corrected chi connectivity index (χ0v) is 14.1. The maximum atomic E-state index is 11.7. The Morgan fingerprint density at radius 1 is 0.917 bits per heavy atom. The van der Waals surface area contributed by atoms with Crippen LogP contribution in [0.4, 0.5) is 0 Å². The summed E-state index contributed by atoms with van der Waals surface area (Å²) in [5.41, 5.74) is 3.70. The lowest BCUT2D eigenvalue weighted by atomic mass is 10.0. The minimum absolute atomic E-state index is 0.354. The van der Waals surface area contributed by atoms with Gasteiger partial charge in [0.15, 0.2) is 0 Å². The Hall–Kier alpha value is -2.81. The summed E-state index contributed by atoms with van der Waals surface area (Å²) in [4.78, 5) is 11.7. The molecule has 2 aromatic carbocycles. The Morgan fingerprint density at radius 3 is 2.21 bits per heavy atom. The minimum atomic E-state index is -0.354. The van der Waals surface area contributed by atoms with Crippen LogP contribution < -0.4 is 0 Å². The van der Waals surface area contributed by atoms with Crippen molar-refractivity contribution >= 4 is 5.97 Å². The van der Waals surface area contributed by atoms with E-state index in [1.54, 1.807) is 12.1 Å². The molecule has 0 atom stereocenters. The zero-order chi connectivity index (χ0) is 17.1. The Labute approximate surface area is 141 Å². The number of benzene rings is 2. The van der Waals surface area contributed by atoms with E-state index in [1.807, 2.05) is 24.3 Å². The molecule has 0 aliphatic rings. The van der Waals surface area contributed by atoms with Gasteiger partial charge in [-0.15, -0.1) is 0 Å². The summed E-state index contributed by atoms with van der Waals surface area (Å²) >= 11 is 0. The number of ether oxygens (including phenoxy) is 1. The Kier molecular flexibility index (Phi) is 4.52. The number of carbonyl (C=O) groups is 1. The van der Waals surface area contributed by atoms with Gasteiger partial charge in [-0.1, -0.05) is 50.2 Å². The fraction of sp³-hybridized carbons (Fsp3) is 0.190. The fourth-order valence-corrected chi connectivity index (χ4v) is 2.60. The van der Waals surface area contributed by atoms with E-state index in [1.165, 1.54) is 12.7 Å². The molecule has 0 amide bonds. The Morgan fingerprint density at radius 2 is 1.58 bits per heavy atom. The number of methoxy groups -OCH3 is 1. The monoisotopic (exact) mass is 320 g/mol. The molecular weight excluding hydrogens is 300 g/mol. The molecule has 0 bridgehead atoms. The molecular formula is C21H20O3. The van der Waals surface area contributed by atoms with Gasteiger partial charge in [-0.2, -0.15) is 0 Å². The minimum Gasteiger partial charge on any atom is -0.465 e. The number of furan rings is 1. The summed E-state index contributed by atoms with van der Waals surface area (Å²) in [7, 11) is 1.38. The largest absolute Gasteiger partial charge is 0.465 e.